The first-order valence-corrected chi connectivity index (χ1v) is 12.3. The summed E-state index contributed by atoms with van der Waals surface area (Å²) in [7, 11) is 0. The van der Waals surface area contributed by atoms with E-state index in [0.29, 0.717) is 17.4 Å². The van der Waals surface area contributed by atoms with Crippen LogP contribution >= 0.6 is 0 Å². The number of anilines is 3. The van der Waals surface area contributed by atoms with Gasteiger partial charge in [0.25, 0.3) is 0 Å². The summed E-state index contributed by atoms with van der Waals surface area (Å²) in [4.78, 5) is 9.82. The molecule has 2 aromatic carbocycles. The predicted molar refractivity (Wildman–Crippen MR) is 144 cm³/mol. The maximum absolute atomic E-state index is 9.11. The number of nitrogens with zero attached hydrogens (tertiary/aromatic N) is 4. The Bertz CT molecular complexity index is 1480. The minimum absolute atomic E-state index is 0.224. The topological polar surface area (TPSA) is 97.4 Å². The minimum atomic E-state index is 0.224. The van der Waals surface area contributed by atoms with E-state index in [4.69, 9.17) is 20.5 Å². The maximum Gasteiger partial charge on any atom is 0.229 e. The van der Waals surface area contributed by atoms with Crippen molar-refractivity contribution in [1.29, 1.82) is 10.5 Å². The standard InChI is InChI=1S/C30H28N6/c1-19-15-23(5-4-14-31)16-20(2)27(19)25-6-3-7-26-28(25)35-30(36-29(26)33-18-22-8-9-22)34-24-12-10-21(17-32)11-13-24/h3-7,10-13,15,22-23H,8-9,16,18H2,1-2H3,(H2,33,34,35,36)/b5-4+. The lowest BCUT2D eigenvalue weighted by atomic mass is 9.82. The summed E-state index contributed by atoms with van der Waals surface area (Å²) >= 11 is 0. The summed E-state index contributed by atoms with van der Waals surface area (Å²) < 4.78 is 0. The third-order valence-corrected chi connectivity index (χ3v) is 6.77. The molecule has 2 aliphatic carbocycles. The van der Waals surface area contributed by atoms with Crippen LogP contribution in [0.1, 0.15) is 44.2 Å². The van der Waals surface area contributed by atoms with E-state index >= 15 is 0 Å². The third kappa shape index (κ3) is 4.99. The Labute approximate surface area is 211 Å². The van der Waals surface area contributed by atoms with Crippen molar-refractivity contribution < 1.29 is 0 Å². The molecular weight excluding hydrogens is 444 g/mol. The van der Waals surface area contributed by atoms with E-state index in [1.165, 1.54) is 29.6 Å². The molecule has 1 unspecified atom stereocenters. The highest BCUT2D eigenvalue weighted by molar-refractivity contribution is 6.01. The molecule has 0 aliphatic heterocycles. The average Bonchev–Trinajstić information content (AvgIpc) is 3.71. The second kappa shape index (κ2) is 10.1. The van der Waals surface area contributed by atoms with Crippen LogP contribution in [0.5, 0.6) is 0 Å². The van der Waals surface area contributed by atoms with E-state index in [9.17, 15) is 0 Å². The Morgan fingerprint density at radius 1 is 1.06 bits per heavy atom. The van der Waals surface area contributed by atoms with E-state index in [2.05, 4.69) is 60.9 Å². The van der Waals surface area contributed by atoms with Crippen molar-refractivity contribution in [3.05, 3.63) is 83.0 Å². The number of benzene rings is 2. The first-order valence-electron chi connectivity index (χ1n) is 12.3. The van der Waals surface area contributed by atoms with Crippen LogP contribution < -0.4 is 10.6 Å². The molecule has 0 spiro atoms. The average molecular weight is 473 g/mol. The molecule has 2 aliphatic rings. The van der Waals surface area contributed by atoms with Gasteiger partial charge in [-0.25, -0.2) is 4.98 Å². The number of hydrogen-bond donors (Lipinski definition) is 2. The first kappa shape index (κ1) is 23.3. The van der Waals surface area contributed by atoms with Crippen LogP contribution in [-0.4, -0.2) is 16.5 Å². The van der Waals surface area contributed by atoms with Crippen molar-refractivity contribution in [2.75, 3.05) is 17.2 Å². The molecule has 1 fully saturated rings. The fraction of sp³-hybridized carbons (Fsp3) is 0.267. The van der Waals surface area contributed by atoms with Crippen LogP contribution in [0.3, 0.4) is 0 Å². The monoisotopic (exact) mass is 472 g/mol. The van der Waals surface area contributed by atoms with Crippen molar-refractivity contribution in [2.24, 2.45) is 11.8 Å². The Kier molecular flexibility index (Phi) is 6.52. The van der Waals surface area contributed by atoms with Crippen LogP contribution in [-0.2, 0) is 0 Å². The number of para-hydroxylation sites is 1. The van der Waals surface area contributed by atoms with Crippen molar-refractivity contribution in [3.63, 3.8) is 0 Å². The highest BCUT2D eigenvalue weighted by atomic mass is 15.1. The van der Waals surface area contributed by atoms with Gasteiger partial charge >= 0.3 is 0 Å². The van der Waals surface area contributed by atoms with Crippen molar-refractivity contribution >= 4 is 33.9 Å². The quantitative estimate of drug-likeness (QED) is 0.364. The Balaban J connectivity index is 1.58. The van der Waals surface area contributed by atoms with Gasteiger partial charge in [-0.3, -0.25) is 0 Å². The number of aromatic nitrogens is 2. The lowest BCUT2D eigenvalue weighted by molar-refractivity contribution is 0.778. The van der Waals surface area contributed by atoms with E-state index in [1.54, 1.807) is 18.2 Å². The molecule has 36 heavy (non-hydrogen) atoms. The number of rotatable bonds is 7. The number of nitriles is 2. The summed E-state index contributed by atoms with van der Waals surface area (Å²) in [5.74, 6) is 2.28. The largest absolute Gasteiger partial charge is 0.369 e. The smallest absolute Gasteiger partial charge is 0.229 e. The number of nitrogens with one attached hydrogen (secondary N) is 2. The molecule has 1 heterocycles. The normalized spacial score (nSPS) is 17.6. The Hall–Kier alpha value is -4.42. The minimum Gasteiger partial charge on any atom is -0.369 e. The fourth-order valence-corrected chi connectivity index (χ4v) is 4.85. The van der Waals surface area contributed by atoms with Crippen LogP contribution in [0.25, 0.3) is 16.5 Å². The van der Waals surface area contributed by atoms with Crippen LogP contribution in [0.4, 0.5) is 17.5 Å². The molecule has 3 aromatic rings. The van der Waals surface area contributed by atoms with Crippen molar-refractivity contribution in [3.8, 4) is 12.1 Å². The van der Waals surface area contributed by atoms with E-state index < -0.39 is 0 Å². The Morgan fingerprint density at radius 3 is 2.56 bits per heavy atom. The molecule has 0 amide bonds. The van der Waals surface area contributed by atoms with Gasteiger partial charge < -0.3 is 10.6 Å². The third-order valence-electron chi connectivity index (χ3n) is 6.77. The van der Waals surface area contributed by atoms with Gasteiger partial charge in [0.2, 0.25) is 5.95 Å². The van der Waals surface area contributed by atoms with Gasteiger partial charge in [0.1, 0.15) is 5.82 Å². The highest BCUT2D eigenvalue weighted by Gasteiger charge is 2.23. The van der Waals surface area contributed by atoms with Crippen molar-refractivity contribution in [2.45, 2.75) is 33.1 Å². The van der Waals surface area contributed by atoms with Crippen LogP contribution in [0.2, 0.25) is 0 Å². The zero-order valence-corrected chi connectivity index (χ0v) is 20.5. The fourth-order valence-electron chi connectivity index (χ4n) is 4.85. The predicted octanol–water partition coefficient (Wildman–Crippen LogP) is 6.89. The number of hydrogen-bond acceptors (Lipinski definition) is 6. The van der Waals surface area contributed by atoms with Gasteiger partial charge in [-0.15, -0.1) is 0 Å². The first-order chi connectivity index (χ1) is 17.6. The lowest BCUT2D eigenvalue weighted by Crippen LogP contribution is -2.10. The number of allylic oxidation sites excluding steroid dienone is 6. The summed E-state index contributed by atoms with van der Waals surface area (Å²) in [6.07, 6.45) is 9.16. The second-order valence-electron chi connectivity index (χ2n) is 9.60. The summed E-state index contributed by atoms with van der Waals surface area (Å²) in [5, 5.41) is 25.9. The molecule has 1 saturated carbocycles. The van der Waals surface area contributed by atoms with Crippen LogP contribution in [0, 0.1) is 34.5 Å². The summed E-state index contributed by atoms with van der Waals surface area (Å²) in [6.45, 7) is 5.20. The second-order valence-corrected chi connectivity index (χ2v) is 9.60. The van der Waals surface area contributed by atoms with Gasteiger partial charge in [0.05, 0.1) is 23.2 Å². The van der Waals surface area contributed by atoms with E-state index in [-0.39, 0.29) is 5.92 Å². The number of fused-ring (bicyclic) bond motifs is 1. The van der Waals surface area contributed by atoms with Gasteiger partial charge in [0.15, 0.2) is 0 Å². The zero-order valence-electron chi connectivity index (χ0n) is 20.5. The molecule has 0 bridgehead atoms. The Morgan fingerprint density at radius 2 is 1.86 bits per heavy atom. The SMILES string of the molecule is CC1=CC(/C=C/C#N)CC(C)=C1c1cccc2c(NCC3CC3)nc(Nc3ccc(C#N)cc3)nc12. The van der Waals surface area contributed by atoms with Crippen molar-refractivity contribution in [1.82, 2.24) is 9.97 Å². The molecule has 6 nitrogen and oxygen atoms in total. The summed E-state index contributed by atoms with van der Waals surface area (Å²) in [6, 6.07) is 17.8. The lowest BCUT2D eigenvalue weighted by Gasteiger charge is -2.23. The van der Waals surface area contributed by atoms with Gasteiger partial charge in [-0.1, -0.05) is 29.9 Å². The molecule has 0 saturated heterocycles. The molecule has 1 aromatic heterocycles. The molecule has 1 atom stereocenters. The van der Waals surface area contributed by atoms with Gasteiger partial charge in [-0.2, -0.15) is 15.5 Å². The molecule has 178 valence electrons. The zero-order chi connectivity index (χ0) is 25.1. The summed E-state index contributed by atoms with van der Waals surface area (Å²) in [5.41, 5.74) is 7.10. The molecule has 0 radical (unpaired) electrons. The highest BCUT2D eigenvalue weighted by Crippen LogP contribution is 2.39. The molecule has 2 N–H and O–H groups in total. The van der Waals surface area contributed by atoms with Gasteiger partial charge in [0, 0.05) is 29.3 Å². The maximum atomic E-state index is 9.11. The van der Waals surface area contributed by atoms with Gasteiger partial charge in [-0.05, 0) is 86.4 Å². The molecular formula is C30H28N6. The van der Waals surface area contributed by atoms with Crippen LogP contribution in [0.15, 0.2) is 71.8 Å². The molecule has 5 rings (SSSR count). The molecule has 6 heteroatoms. The van der Waals surface area contributed by atoms with E-state index in [1.807, 2.05) is 18.2 Å². The van der Waals surface area contributed by atoms with E-state index in [0.717, 1.165) is 40.9 Å².